The van der Waals surface area contributed by atoms with Crippen molar-refractivity contribution in [2.45, 2.75) is 57.7 Å². The Bertz CT molecular complexity index is 799. The summed E-state index contributed by atoms with van der Waals surface area (Å²) in [6.45, 7) is 2.88. The molecule has 2 aliphatic rings. The van der Waals surface area contributed by atoms with Gasteiger partial charge >= 0.3 is 6.03 Å². The molecule has 0 aliphatic carbocycles. The summed E-state index contributed by atoms with van der Waals surface area (Å²) >= 11 is 1.35. The molecule has 162 valence electrons. The second-order valence-corrected chi connectivity index (χ2v) is 8.66. The van der Waals surface area contributed by atoms with Crippen LogP contribution >= 0.6 is 11.8 Å². The fourth-order valence-electron chi connectivity index (χ4n) is 3.76. The van der Waals surface area contributed by atoms with Crippen molar-refractivity contribution in [2.75, 3.05) is 19.3 Å². The number of fused-ring (bicyclic) bond motifs is 1. The number of nitrogens with one attached hydrogen (secondary N) is 1. The van der Waals surface area contributed by atoms with Crippen molar-refractivity contribution < 1.29 is 14.4 Å². The number of thioether (sulfide) groups is 1. The average molecular weight is 431 g/mol. The number of unbranched alkanes of at least 4 members (excludes halogenated alkanes) is 5. The molecule has 0 bridgehead atoms. The highest BCUT2D eigenvalue weighted by atomic mass is 32.2. The Morgan fingerprint density at radius 3 is 2.53 bits per heavy atom. The molecule has 1 aromatic carbocycles. The Hall–Kier alpha value is -2.35. The minimum Gasteiger partial charge on any atom is -0.336 e. The van der Waals surface area contributed by atoms with Crippen LogP contribution in [0.2, 0.25) is 0 Å². The summed E-state index contributed by atoms with van der Waals surface area (Å²) in [5, 5.41) is 3.08. The van der Waals surface area contributed by atoms with Gasteiger partial charge in [0, 0.05) is 19.2 Å². The molecule has 0 spiro atoms. The first-order chi connectivity index (χ1) is 14.5. The summed E-state index contributed by atoms with van der Waals surface area (Å²) in [5.41, 5.74) is 0.661. The van der Waals surface area contributed by atoms with Gasteiger partial charge < -0.3 is 9.80 Å². The van der Waals surface area contributed by atoms with Crippen LogP contribution in [0.4, 0.5) is 4.79 Å². The van der Waals surface area contributed by atoms with E-state index >= 15 is 0 Å². The van der Waals surface area contributed by atoms with Gasteiger partial charge in [-0.3, -0.25) is 14.9 Å². The smallest absolute Gasteiger partial charge is 0.325 e. The van der Waals surface area contributed by atoms with E-state index in [2.05, 4.69) is 17.2 Å². The van der Waals surface area contributed by atoms with Crippen LogP contribution in [0.25, 0.3) is 0 Å². The molecule has 1 aromatic rings. The third-order valence-corrected chi connectivity index (χ3v) is 6.51. The van der Waals surface area contributed by atoms with Crippen molar-refractivity contribution in [3.05, 3.63) is 35.9 Å². The molecule has 1 fully saturated rings. The van der Waals surface area contributed by atoms with Crippen LogP contribution in [0.1, 0.15) is 55.8 Å². The number of carbonyl (C=O) groups is 3. The van der Waals surface area contributed by atoms with Gasteiger partial charge in [0.1, 0.15) is 0 Å². The van der Waals surface area contributed by atoms with Crippen LogP contribution in [-0.4, -0.2) is 64.2 Å². The maximum Gasteiger partial charge on any atom is 0.325 e. The highest BCUT2D eigenvalue weighted by molar-refractivity contribution is 8.14. The van der Waals surface area contributed by atoms with Gasteiger partial charge in [0.15, 0.2) is 23.2 Å². The topological polar surface area (TPSA) is 82.1 Å². The molecule has 2 atom stereocenters. The van der Waals surface area contributed by atoms with Gasteiger partial charge in [-0.15, -0.1) is 0 Å². The number of ketones is 1. The lowest BCUT2D eigenvalue weighted by molar-refractivity contribution is -0.127. The summed E-state index contributed by atoms with van der Waals surface area (Å²) < 4.78 is 0. The summed E-state index contributed by atoms with van der Waals surface area (Å²) in [7, 11) is 1.65. The average Bonchev–Trinajstić information content (AvgIpc) is 3.12. The zero-order valence-corrected chi connectivity index (χ0v) is 18.5. The minimum absolute atomic E-state index is 0.0200. The van der Waals surface area contributed by atoms with Crippen LogP contribution in [0.5, 0.6) is 0 Å². The van der Waals surface area contributed by atoms with Gasteiger partial charge in [-0.1, -0.05) is 81.1 Å². The highest BCUT2D eigenvalue weighted by Gasteiger charge is 2.48. The fraction of sp³-hybridized carbons (Fsp3) is 0.545. The van der Waals surface area contributed by atoms with Crippen molar-refractivity contribution in [3.8, 4) is 0 Å². The van der Waals surface area contributed by atoms with Crippen molar-refractivity contribution in [1.82, 2.24) is 15.1 Å². The van der Waals surface area contributed by atoms with Crippen molar-refractivity contribution in [3.63, 3.8) is 0 Å². The molecule has 8 heteroatoms. The van der Waals surface area contributed by atoms with Crippen molar-refractivity contribution in [2.24, 2.45) is 4.99 Å². The van der Waals surface area contributed by atoms with Crippen LogP contribution < -0.4 is 5.32 Å². The quantitative estimate of drug-likeness (QED) is 0.454. The lowest BCUT2D eigenvalue weighted by atomic mass is 10.1. The maximum atomic E-state index is 12.6. The number of rotatable bonds is 10. The van der Waals surface area contributed by atoms with E-state index in [1.807, 2.05) is 23.1 Å². The van der Waals surface area contributed by atoms with Crippen LogP contribution in [0.15, 0.2) is 35.3 Å². The molecule has 2 heterocycles. The van der Waals surface area contributed by atoms with Gasteiger partial charge in [-0.2, -0.15) is 0 Å². The Kier molecular flexibility index (Phi) is 7.90. The summed E-state index contributed by atoms with van der Waals surface area (Å²) in [4.78, 5) is 45.2. The largest absolute Gasteiger partial charge is 0.336 e. The molecule has 0 radical (unpaired) electrons. The molecular weight excluding hydrogens is 400 g/mol. The molecule has 0 saturated carbocycles. The standard InChI is InChI=1S/C22H30N4O3S/c1-3-4-5-6-7-11-14-26-18-19(25(2)21(29)24-20(18)28)23-22(26)30-15-17(27)16-12-9-8-10-13-16/h8-10,12-13,18-19H,3-7,11,14-15H2,1-2H3,(H,24,28,29). The third kappa shape index (κ3) is 5.22. The molecule has 1 saturated heterocycles. The first-order valence-corrected chi connectivity index (χ1v) is 11.6. The number of amidine groups is 1. The zero-order chi connectivity index (χ0) is 21.5. The van der Waals surface area contributed by atoms with Gasteiger partial charge in [-0.25, -0.2) is 9.79 Å². The van der Waals surface area contributed by atoms with E-state index in [-0.39, 0.29) is 17.4 Å². The Morgan fingerprint density at radius 2 is 1.80 bits per heavy atom. The lowest BCUT2D eigenvalue weighted by Crippen LogP contribution is -2.63. The number of amides is 3. The normalized spacial score (nSPS) is 20.8. The van der Waals surface area contributed by atoms with Gasteiger partial charge in [0.2, 0.25) is 0 Å². The number of carbonyl (C=O) groups excluding carboxylic acids is 3. The number of imide groups is 1. The Labute approximate surface area is 182 Å². The third-order valence-electron chi connectivity index (χ3n) is 5.50. The fourth-order valence-corrected chi connectivity index (χ4v) is 4.74. The first-order valence-electron chi connectivity index (χ1n) is 10.7. The number of urea groups is 1. The molecule has 2 unspecified atom stereocenters. The summed E-state index contributed by atoms with van der Waals surface area (Å²) in [5.74, 6) is -0.0523. The van der Waals surface area contributed by atoms with Gasteiger partial charge in [0.25, 0.3) is 5.91 Å². The first kappa shape index (κ1) is 22.3. The second-order valence-electron chi connectivity index (χ2n) is 7.71. The highest BCUT2D eigenvalue weighted by Crippen LogP contribution is 2.29. The number of hydrogen-bond donors (Lipinski definition) is 1. The lowest BCUT2D eigenvalue weighted by Gasteiger charge is -2.36. The zero-order valence-electron chi connectivity index (χ0n) is 17.7. The van der Waals surface area contributed by atoms with E-state index < -0.39 is 18.2 Å². The summed E-state index contributed by atoms with van der Waals surface area (Å²) in [6, 6.07) is 8.20. The van der Waals surface area contributed by atoms with Crippen molar-refractivity contribution in [1.29, 1.82) is 0 Å². The number of aliphatic imine (C=N–C) groups is 1. The molecule has 30 heavy (non-hydrogen) atoms. The number of hydrogen-bond acceptors (Lipinski definition) is 6. The van der Waals surface area contributed by atoms with E-state index in [0.717, 1.165) is 12.8 Å². The van der Waals surface area contributed by atoms with Crippen LogP contribution in [-0.2, 0) is 4.79 Å². The maximum absolute atomic E-state index is 12.6. The van der Waals surface area contributed by atoms with E-state index in [9.17, 15) is 14.4 Å². The van der Waals surface area contributed by atoms with Crippen LogP contribution in [0, 0.1) is 0 Å². The molecule has 3 amide bonds. The SMILES string of the molecule is CCCCCCCCN1C(SCC(=O)c2ccccc2)=NC2C1C(=O)NC(=O)N2C. The number of benzene rings is 1. The molecule has 1 N–H and O–H groups in total. The Balaban J connectivity index is 1.66. The molecular formula is C22H30N4O3S. The second kappa shape index (κ2) is 10.6. The molecule has 7 nitrogen and oxygen atoms in total. The van der Waals surface area contributed by atoms with Crippen LogP contribution in [0.3, 0.4) is 0 Å². The van der Waals surface area contributed by atoms with Gasteiger partial charge in [0.05, 0.1) is 5.75 Å². The van der Waals surface area contributed by atoms with E-state index in [0.29, 0.717) is 17.3 Å². The monoisotopic (exact) mass is 430 g/mol. The number of nitrogens with zero attached hydrogens (tertiary/aromatic N) is 3. The van der Waals surface area contributed by atoms with E-state index in [1.165, 1.54) is 42.3 Å². The molecule has 3 rings (SSSR count). The van der Waals surface area contributed by atoms with E-state index in [1.54, 1.807) is 19.2 Å². The van der Waals surface area contributed by atoms with Gasteiger partial charge in [-0.05, 0) is 6.42 Å². The minimum atomic E-state index is -0.541. The van der Waals surface area contributed by atoms with Crippen molar-refractivity contribution >= 4 is 34.7 Å². The predicted molar refractivity (Wildman–Crippen MR) is 120 cm³/mol. The van der Waals surface area contributed by atoms with E-state index in [4.69, 9.17) is 0 Å². The molecule has 2 aliphatic heterocycles. The number of Topliss-reactive ketones (excluding diaryl/α,β-unsaturated/α-hetero) is 1. The molecule has 0 aromatic heterocycles. The Morgan fingerprint density at radius 1 is 1.10 bits per heavy atom. The predicted octanol–water partition coefficient (Wildman–Crippen LogP) is 3.51. The number of likely N-dealkylation sites (N-methyl/N-ethyl adjacent to an activating group) is 1. The summed E-state index contributed by atoms with van der Waals surface area (Å²) in [6.07, 6.45) is 6.34.